The van der Waals surface area contributed by atoms with Crippen LogP contribution >= 0.6 is 27.3 Å². The minimum absolute atomic E-state index is 0.00351. The van der Waals surface area contributed by atoms with Gasteiger partial charge in [0, 0.05) is 5.56 Å². The average Bonchev–Trinajstić information content (AvgIpc) is 2.94. The van der Waals surface area contributed by atoms with Crippen LogP contribution in [0.4, 0.5) is 5.13 Å². The van der Waals surface area contributed by atoms with Crippen LogP contribution in [0.5, 0.6) is 5.75 Å². The van der Waals surface area contributed by atoms with E-state index in [2.05, 4.69) is 39.2 Å². The second kappa shape index (κ2) is 6.68. The molecule has 23 heavy (non-hydrogen) atoms. The summed E-state index contributed by atoms with van der Waals surface area (Å²) in [6, 6.07) is 11.4. The van der Waals surface area contributed by atoms with Crippen LogP contribution in [-0.4, -0.2) is 24.4 Å². The minimum atomic E-state index is 0.00351. The molecule has 2 aromatic carbocycles. The van der Waals surface area contributed by atoms with Crippen molar-refractivity contribution in [2.24, 2.45) is 0 Å². The molecule has 0 bridgehead atoms. The Morgan fingerprint density at radius 3 is 2.87 bits per heavy atom. The number of hydrogen-bond donors (Lipinski definition) is 1. The van der Waals surface area contributed by atoms with Crippen LogP contribution in [0.1, 0.15) is 15.9 Å². The van der Waals surface area contributed by atoms with E-state index in [1.807, 2.05) is 12.1 Å². The van der Waals surface area contributed by atoms with Gasteiger partial charge in [-0.3, -0.25) is 4.79 Å². The Balaban J connectivity index is 1.71. The number of anilines is 1. The Morgan fingerprint density at radius 1 is 1.30 bits per heavy atom. The fourth-order valence-corrected chi connectivity index (χ4v) is 3.71. The fourth-order valence-electron chi connectivity index (χ4n) is 2.21. The predicted octanol–water partition coefficient (Wildman–Crippen LogP) is 4.67. The van der Waals surface area contributed by atoms with Gasteiger partial charge in [0.15, 0.2) is 10.9 Å². The molecule has 0 aliphatic heterocycles. The van der Waals surface area contributed by atoms with Crippen LogP contribution in [-0.2, 0) is 0 Å². The highest BCUT2D eigenvalue weighted by Crippen LogP contribution is 2.27. The molecule has 1 aromatic heterocycles. The molecule has 0 atom stereocenters. The van der Waals surface area contributed by atoms with Crippen molar-refractivity contribution < 1.29 is 9.53 Å². The maximum absolute atomic E-state index is 12.3. The molecule has 1 N–H and O–H groups in total. The maximum atomic E-state index is 12.3. The first-order chi connectivity index (χ1) is 11.1. The largest absolute Gasteiger partial charge is 0.496 e. The van der Waals surface area contributed by atoms with E-state index in [0.717, 1.165) is 19.8 Å². The third kappa shape index (κ3) is 3.54. The van der Waals surface area contributed by atoms with E-state index < -0.39 is 0 Å². The van der Waals surface area contributed by atoms with Gasteiger partial charge in [0.25, 0.3) is 0 Å². The summed E-state index contributed by atoms with van der Waals surface area (Å²) < 4.78 is 7.05. The summed E-state index contributed by atoms with van der Waals surface area (Å²) in [4.78, 5) is 16.8. The van der Waals surface area contributed by atoms with Crippen LogP contribution in [0.2, 0.25) is 0 Å². The van der Waals surface area contributed by atoms with E-state index in [1.54, 1.807) is 36.6 Å². The van der Waals surface area contributed by atoms with Crippen LogP contribution in [0.25, 0.3) is 10.2 Å². The molecule has 0 aliphatic rings. The first-order valence-electron chi connectivity index (χ1n) is 7.04. The minimum Gasteiger partial charge on any atom is -0.496 e. The third-order valence-electron chi connectivity index (χ3n) is 3.42. The lowest BCUT2D eigenvalue weighted by molar-refractivity contribution is 0.101. The number of aryl methyl sites for hydroxylation is 1. The van der Waals surface area contributed by atoms with Gasteiger partial charge in [0.2, 0.25) is 0 Å². The van der Waals surface area contributed by atoms with Gasteiger partial charge in [0.05, 0.1) is 28.3 Å². The van der Waals surface area contributed by atoms with Gasteiger partial charge in [0.1, 0.15) is 5.75 Å². The highest BCUT2D eigenvalue weighted by molar-refractivity contribution is 9.10. The van der Waals surface area contributed by atoms with Gasteiger partial charge in [-0.2, -0.15) is 0 Å². The number of Topliss-reactive ketones (excluding diaryl/α,β-unsaturated/α-hetero) is 1. The molecule has 0 saturated heterocycles. The quantitative estimate of drug-likeness (QED) is 0.643. The SMILES string of the molecule is COc1ccc(C(=O)CNc2nc3ccc(C)cc3s2)cc1Br. The molecule has 0 amide bonds. The Labute approximate surface area is 146 Å². The molecule has 3 aromatic rings. The van der Waals surface area contributed by atoms with Crippen LogP contribution in [0, 0.1) is 6.92 Å². The summed E-state index contributed by atoms with van der Waals surface area (Å²) in [7, 11) is 1.60. The number of methoxy groups -OCH3 is 1. The number of thiazole rings is 1. The zero-order chi connectivity index (χ0) is 16.4. The van der Waals surface area contributed by atoms with Crippen molar-refractivity contribution in [3.63, 3.8) is 0 Å². The molecule has 1 heterocycles. The van der Waals surface area contributed by atoms with Crippen molar-refractivity contribution in [3.8, 4) is 5.75 Å². The summed E-state index contributed by atoms with van der Waals surface area (Å²) in [6.07, 6.45) is 0. The molecule has 118 valence electrons. The lowest BCUT2D eigenvalue weighted by Gasteiger charge is -2.06. The number of carbonyl (C=O) groups excluding carboxylic acids is 1. The number of fused-ring (bicyclic) bond motifs is 1. The number of benzene rings is 2. The molecular weight excluding hydrogens is 376 g/mol. The molecule has 3 rings (SSSR count). The van der Waals surface area contributed by atoms with Crippen molar-refractivity contribution in [1.82, 2.24) is 4.98 Å². The fraction of sp³-hybridized carbons (Fsp3) is 0.176. The van der Waals surface area contributed by atoms with Crippen molar-refractivity contribution in [3.05, 3.63) is 52.0 Å². The molecule has 0 radical (unpaired) electrons. The molecule has 6 heteroatoms. The Hall–Kier alpha value is -1.92. The summed E-state index contributed by atoms with van der Waals surface area (Å²) in [6.45, 7) is 2.26. The lowest BCUT2D eigenvalue weighted by Crippen LogP contribution is -2.13. The molecule has 0 fully saturated rings. The number of ether oxygens (including phenoxy) is 1. The van der Waals surface area contributed by atoms with Crippen molar-refractivity contribution in [2.45, 2.75) is 6.92 Å². The zero-order valence-corrected chi connectivity index (χ0v) is 15.1. The monoisotopic (exact) mass is 390 g/mol. The number of carbonyl (C=O) groups is 1. The molecular formula is C17H15BrN2O2S. The summed E-state index contributed by atoms with van der Waals surface area (Å²) >= 11 is 4.95. The lowest BCUT2D eigenvalue weighted by atomic mass is 10.1. The maximum Gasteiger partial charge on any atom is 0.184 e. The van der Waals surface area contributed by atoms with Crippen LogP contribution in [0.3, 0.4) is 0 Å². The topological polar surface area (TPSA) is 51.2 Å². The first kappa shape index (κ1) is 16.0. The number of rotatable bonds is 5. The van der Waals surface area contributed by atoms with E-state index >= 15 is 0 Å². The number of halogens is 1. The van der Waals surface area contributed by atoms with Gasteiger partial charge in [-0.1, -0.05) is 17.4 Å². The van der Waals surface area contributed by atoms with E-state index in [-0.39, 0.29) is 12.3 Å². The van der Waals surface area contributed by atoms with Crippen molar-refractivity contribution >= 4 is 48.4 Å². The Bertz CT molecular complexity index is 876. The van der Waals surface area contributed by atoms with E-state index in [9.17, 15) is 4.79 Å². The third-order valence-corrected chi connectivity index (χ3v) is 5.01. The number of nitrogens with one attached hydrogen (secondary N) is 1. The number of hydrogen-bond acceptors (Lipinski definition) is 5. The Kier molecular flexibility index (Phi) is 4.63. The van der Waals surface area contributed by atoms with Crippen LogP contribution in [0.15, 0.2) is 40.9 Å². The van der Waals surface area contributed by atoms with Crippen molar-refractivity contribution in [1.29, 1.82) is 0 Å². The smallest absolute Gasteiger partial charge is 0.184 e. The second-order valence-electron chi connectivity index (χ2n) is 5.12. The Morgan fingerprint density at radius 2 is 2.13 bits per heavy atom. The van der Waals surface area contributed by atoms with Gasteiger partial charge in [-0.15, -0.1) is 0 Å². The summed E-state index contributed by atoms with van der Waals surface area (Å²) in [5.74, 6) is 0.708. The molecule has 0 aliphatic carbocycles. The number of ketones is 1. The van der Waals surface area contributed by atoms with Crippen LogP contribution < -0.4 is 10.1 Å². The van der Waals surface area contributed by atoms with E-state index in [0.29, 0.717) is 11.3 Å². The summed E-state index contributed by atoms with van der Waals surface area (Å²) in [5.41, 5.74) is 2.77. The molecule has 4 nitrogen and oxygen atoms in total. The highest BCUT2D eigenvalue weighted by Gasteiger charge is 2.10. The standard InChI is InChI=1S/C17H15BrN2O2S/c1-10-3-5-13-16(7-10)23-17(20-13)19-9-14(21)11-4-6-15(22-2)12(18)8-11/h3-8H,9H2,1-2H3,(H,19,20). The average molecular weight is 391 g/mol. The van der Waals surface area contributed by atoms with E-state index in [4.69, 9.17) is 4.74 Å². The first-order valence-corrected chi connectivity index (χ1v) is 8.65. The number of aromatic nitrogens is 1. The van der Waals surface area contributed by atoms with Gasteiger partial charge < -0.3 is 10.1 Å². The molecule has 0 saturated carbocycles. The van der Waals surface area contributed by atoms with Crippen molar-refractivity contribution in [2.75, 3.05) is 19.0 Å². The molecule has 0 unspecified atom stereocenters. The van der Waals surface area contributed by atoms with Gasteiger partial charge in [-0.05, 0) is 58.7 Å². The second-order valence-corrected chi connectivity index (χ2v) is 7.00. The van der Waals surface area contributed by atoms with Gasteiger partial charge in [-0.25, -0.2) is 4.98 Å². The molecule has 0 spiro atoms. The van der Waals surface area contributed by atoms with Gasteiger partial charge >= 0.3 is 0 Å². The summed E-state index contributed by atoms with van der Waals surface area (Å²) in [5, 5.41) is 3.87. The zero-order valence-electron chi connectivity index (χ0n) is 12.7. The van der Waals surface area contributed by atoms with E-state index in [1.165, 1.54) is 5.56 Å². The normalized spacial score (nSPS) is 10.7. The highest BCUT2D eigenvalue weighted by atomic mass is 79.9. The number of nitrogens with zero attached hydrogens (tertiary/aromatic N) is 1. The predicted molar refractivity (Wildman–Crippen MR) is 97.9 cm³/mol.